The fourth-order valence-corrected chi connectivity index (χ4v) is 3.52. The topological polar surface area (TPSA) is 26.3 Å². The van der Waals surface area contributed by atoms with Crippen LogP contribution in [0.1, 0.15) is 0 Å². The molecule has 13 heavy (non-hydrogen) atoms. The maximum atomic E-state index is 10.8. The third kappa shape index (κ3) is 6.24. The van der Waals surface area contributed by atoms with Gasteiger partial charge in [-0.05, 0) is 22.5 Å². The average molecular weight is 397 g/mol. The van der Waals surface area contributed by atoms with E-state index in [0.717, 1.165) is 0 Å². The molecule has 0 fully saturated rings. The van der Waals surface area contributed by atoms with Crippen LogP contribution in [0.3, 0.4) is 0 Å². The zero-order chi connectivity index (χ0) is 10.5. The number of halogens is 5. The van der Waals surface area contributed by atoms with E-state index in [9.17, 15) is 4.57 Å². The highest BCUT2D eigenvalue weighted by Crippen LogP contribution is 2.58. The summed E-state index contributed by atoms with van der Waals surface area (Å²) in [7, 11) is 0. The second kappa shape index (κ2) is 6.57. The van der Waals surface area contributed by atoms with Crippen LogP contribution in [-0.4, -0.2) is 23.1 Å². The van der Waals surface area contributed by atoms with E-state index in [-0.39, 0.29) is 12.0 Å². The van der Waals surface area contributed by atoms with Crippen LogP contribution in [0, 0.1) is 5.41 Å². The molecule has 0 saturated heterocycles. The molecule has 0 aliphatic heterocycles. The van der Waals surface area contributed by atoms with Crippen LogP contribution in [0.5, 0.6) is 0 Å². The third-order valence-corrected chi connectivity index (χ3v) is 5.33. The van der Waals surface area contributed by atoms with Gasteiger partial charge < -0.3 is 4.52 Å². The first-order valence-corrected chi connectivity index (χ1v) is 9.42. The summed E-state index contributed by atoms with van der Waals surface area (Å²) in [6, 6.07) is 0. The molecule has 2 nitrogen and oxygen atoms in total. The predicted molar refractivity (Wildman–Crippen MR) is 66.0 cm³/mol. The van der Waals surface area contributed by atoms with Crippen LogP contribution in [0.2, 0.25) is 0 Å². The van der Waals surface area contributed by atoms with Crippen LogP contribution < -0.4 is 0 Å². The Morgan fingerprint density at radius 1 is 1.31 bits per heavy atom. The summed E-state index contributed by atoms with van der Waals surface area (Å²) < 4.78 is 15.7. The first-order chi connectivity index (χ1) is 5.89. The van der Waals surface area contributed by atoms with Gasteiger partial charge in [-0.1, -0.05) is 31.9 Å². The van der Waals surface area contributed by atoms with Crippen LogP contribution in [0.15, 0.2) is 0 Å². The second-order valence-corrected chi connectivity index (χ2v) is 8.25. The molecule has 0 aromatic carbocycles. The second-order valence-electron chi connectivity index (χ2n) is 2.59. The highest BCUT2D eigenvalue weighted by Gasteiger charge is 2.30. The highest BCUT2D eigenvalue weighted by atomic mass is 79.9. The minimum absolute atomic E-state index is 0.150. The SMILES string of the molecule is O=P(Cl)(Cl)OCC(CCl)(CBr)CBr. The summed E-state index contributed by atoms with van der Waals surface area (Å²) in [5.41, 5.74) is -0.332. The fraction of sp³-hybridized carbons (Fsp3) is 1.00. The van der Waals surface area contributed by atoms with Crippen molar-refractivity contribution in [2.45, 2.75) is 0 Å². The first kappa shape index (κ1) is 15.0. The van der Waals surface area contributed by atoms with Gasteiger partial charge >= 0.3 is 6.07 Å². The molecule has 0 atom stereocenters. The van der Waals surface area contributed by atoms with Gasteiger partial charge in [0.25, 0.3) is 0 Å². The first-order valence-electron chi connectivity index (χ1n) is 3.21. The van der Waals surface area contributed by atoms with E-state index in [2.05, 4.69) is 31.9 Å². The largest absolute Gasteiger partial charge is 0.380 e. The van der Waals surface area contributed by atoms with Gasteiger partial charge in [0.1, 0.15) is 0 Å². The minimum atomic E-state index is -3.46. The molecule has 0 saturated carbocycles. The molecule has 0 spiro atoms. The molecular formula is C5H8Br2Cl3O2P. The molecule has 0 amide bonds. The van der Waals surface area contributed by atoms with E-state index >= 15 is 0 Å². The monoisotopic (exact) mass is 394 g/mol. The summed E-state index contributed by atoms with van der Waals surface area (Å²) in [5, 5.41) is 1.23. The highest BCUT2D eigenvalue weighted by molar-refractivity contribution is 9.09. The lowest BCUT2D eigenvalue weighted by molar-refractivity contribution is 0.223. The van der Waals surface area contributed by atoms with Gasteiger partial charge in [-0.3, -0.25) is 4.57 Å². The Morgan fingerprint density at radius 3 is 2.00 bits per heavy atom. The molecular weight excluding hydrogens is 389 g/mol. The van der Waals surface area contributed by atoms with Crippen molar-refractivity contribution < 1.29 is 9.09 Å². The lowest BCUT2D eigenvalue weighted by atomic mass is 9.98. The predicted octanol–water partition coefficient (Wildman–Crippen LogP) is 4.60. The van der Waals surface area contributed by atoms with Crippen LogP contribution in [0.4, 0.5) is 0 Å². The van der Waals surface area contributed by atoms with Crippen molar-refractivity contribution in [2.24, 2.45) is 5.41 Å². The zero-order valence-electron chi connectivity index (χ0n) is 6.48. The molecule has 0 aromatic rings. The number of rotatable bonds is 6. The molecule has 0 aliphatic carbocycles. The lowest BCUT2D eigenvalue weighted by Crippen LogP contribution is -2.31. The Balaban J connectivity index is 4.19. The van der Waals surface area contributed by atoms with Crippen molar-refractivity contribution in [3.63, 3.8) is 0 Å². The number of hydrogen-bond acceptors (Lipinski definition) is 2. The van der Waals surface area contributed by atoms with E-state index in [1.54, 1.807) is 0 Å². The summed E-state index contributed by atoms with van der Waals surface area (Å²) in [6.45, 7) is 0.150. The van der Waals surface area contributed by atoms with Crippen molar-refractivity contribution in [2.75, 3.05) is 23.1 Å². The van der Waals surface area contributed by atoms with Crippen molar-refractivity contribution in [3.8, 4) is 0 Å². The van der Waals surface area contributed by atoms with E-state index < -0.39 is 6.07 Å². The summed E-state index contributed by atoms with van der Waals surface area (Å²) in [6.07, 6.45) is -3.46. The van der Waals surface area contributed by atoms with Crippen LogP contribution >= 0.6 is 72.0 Å². The van der Waals surface area contributed by atoms with Gasteiger partial charge in [-0.2, -0.15) is 0 Å². The molecule has 0 aliphatic rings. The van der Waals surface area contributed by atoms with Gasteiger partial charge in [0.15, 0.2) is 0 Å². The molecule has 8 heteroatoms. The summed E-state index contributed by atoms with van der Waals surface area (Å²) in [4.78, 5) is 0. The molecule has 80 valence electrons. The normalized spacial score (nSPS) is 13.3. The van der Waals surface area contributed by atoms with Crippen molar-refractivity contribution in [1.82, 2.24) is 0 Å². The van der Waals surface area contributed by atoms with E-state index in [1.165, 1.54) is 0 Å². The fourth-order valence-electron chi connectivity index (χ4n) is 0.435. The molecule has 0 aromatic heterocycles. The van der Waals surface area contributed by atoms with Crippen molar-refractivity contribution in [3.05, 3.63) is 0 Å². The molecule has 0 unspecified atom stereocenters. The van der Waals surface area contributed by atoms with Crippen LogP contribution in [0.25, 0.3) is 0 Å². The Kier molecular flexibility index (Phi) is 7.59. The molecule has 0 bridgehead atoms. The van der Waals surface area contributed by atoms with E-state index in [1.807, 2.05) is 0 Å². The van der Waals surface area contributed by atoms with Crippen LogP contribution in [-0.2, 0) is 9.09 Å². The quantitative estimate of drug-likeness (QED) is 0.484. The molecule has 0 heterocycles. The zero-order valence-corrected chi connectivity index (χ0v) is 12.8. The minimum Gasteiger partial charge on any atom is -0.306 e. The Morgan fingerprint density at radius 2 is 1.77 bits per heavy atom. The number of alkyl halides is 3. The van der Waals surface area contributed by atoms with Gasteiger partial charge in [0, 0.05) is 22.0 Å². The van der Waals surface area contributed by atoms with E-state index in [0.29, 0.717) is 16.5 Å². The maximum absolute atomic E-state index is 10.8. The van der Waals surface area contributed by atoms with Gasteiger partial charge in [0.2, 0.25) is 0 Å². The Labute approximate surface area is 109 Å². The third-order valence-electron chi connectivity index (χ3n) is 1.37. The average Bonchev–Trinajstić information content (AvgIpc) is 2.06. The Bertz CT molecular complexity index is 186. The van der Waals surface area contributed by atoms with Gasteiger partial charge in [-0.25, -0.2) is 0 Å². The molecule has 0 rings (SSSR count). The molecule has 0 radical (unpaired) electrons. The Hall–Kier alpha value is 2.02. The molecule has 0 N–H and O–H groups in total. The van der Waals surface area contributed by atoms with Crippen molar-refractivity contribution in [1.29, 1.82) is 0 Å². The summed E-state index contributed by atoms with van der Waals surface area (Å²) >= 11 is 22.8. The standard InChI is InChI=1S/C5H8Br2Cl3O2P/c6-1-5(2-7,3-8)4-12-13(9,10)11/h1-4H2. The van der Waals surface area contributed by atoms with Crippen molar-refractivity contribution >= 4 is 72.0 Å². The van der Waals surface area contributed by atoms with Gasteiger partial charge in [0.05, 0.1) is 6.61 Å². The number of hydrogen-bond donors (Lipinski definition) is 0. The smallest absolute Gasteiger partial charge is 0.306 e. The maximum Gasteiger partial charge on any atom is 0.380 e. The summed E-state index contributed by atoms with van der Waals surface area (Å²) in [5.74, 6) is 0.358. The van der Waals surface area contributed by atoms with Gasteiger partial charge in [-0.15, -0.1) is 11.6 Å². The van der Waals surface area contributed by atoms with E-state index in [4.69, 9.17) is 38.6 Å². The lowest BCUT2D eigenvalue weighted by Gasteiger charge is -2.26.